The minimum Gasteiger partial charge on any atom is -0.453 e. The molecular weight excluding hydrogens is 929 g/mol. The van der Waals surface area contributed by atoms with Gasteiger partial charge in [-0.15, -0.1) is 0 Å². The van der Waals surface area contributed by atoms with E-state index >= 15 is 0 Å². The number of methoxy groups -OCH3 is 1. The molecule has 4 unspecified atom stereocenters. The molecule has 0 fully saturated rings. The average Bonchev–Trinajstić information content (AvgIpc) is 3.29. The van der Waals surface area contributed by atoms with Crippen molar-refractivity contribution in [2.24, 2.45) is 46.6 Å². The Morgan fingerprint density at radius 1 is 0.394 bits per heavy atom. The molecule has 0 saturated heterocycles. The normalized spacial score (nSPS) is 12.1. The number of nitrogens with zero attached hydrogens (tertiary/aromatic N) is 2. The summed E-state index contributed by atoms with van der Waals surface area (Å²) in [5.74, 6) is -5.27. The summed E-state index contributed by atoms with van der Waals surface area (Å²) in [7, 11) is 1.20. The molecule has 0 radical (unpaired) electrons. The van der Waals surface area contributed by atoms with Gasteiger partial charge in [0.2, 0.25) is 65.0 Å². The number of alkyl carbamates (subject to hydrolysis) is 1. The Labute approximate surface area is 417 Å². The number of amides is 12. The molecule has 0 aromatic carbocycles. The summed E-state index contributed by atoms with van der Waals surface area (Å²) in [6, 6.07) is 0. The van der Waals surface area contributed by atoms with E-state index < -0.39 is 41.5 Å². The Balaban J connectivity index is 0. The molecule has 406 valence electrons. The summed E-state index contributed by atoms with van der Waals surface area (Å²) in [5, 5.41) is 15.7. The van der Waals surface area contributed by atoms with Gasteiger partial charge < -0.3 is 69.4 Å². The lowest BCUT2D eigenvalue weighted by atomic mass is 10.0. The second-order valence-corrected chi connectivity index (χ2v) is 17.5. The van der Waals surface area contributed by atoms with Crippen LogP contribution >= 0.6 is 0 Å². The van der Waals surface area contributed by atoms with E-state index in [9.17, 15) is 57.5 Å². The van der Waals surface area contributed by atoms with Crippen LogP contribution < -0.4 is 54.8 Å². The van der Waals surface area contributed by atoms with Gasteiger partial charge in [-0.3, -0.25) is 52.7 Å². The predicted octanol–water partition coefficient (Wildman–Crippen LogP) is -1.47. The van der Waals surface area contributed by atoms with Crippen molar-refractivity contribution < 1.29 is 62.3 Å². The number of nitrogens with two attached hydrogens (primary N) is 4. The van der Waals surface area contributed by atoms with E-state index in [0.717, 1.165) is 9.80 Å². The fourth-order valence-corrected chi connectivity index (χ4v) is 6.17. The van der Waals surface area contributed by atoms with Crippen LogP contribution in [0.2, 0.25) is 0 Å². The molecule has 0 spiro atoms. The molecule has 0 bridgehead atoms. The van der Waals surface area contributed by atoms with Gasteiger partial charge in [-0.25, -0.2) is 4.79 Å². The van der Waals surface area contributed by atoms with Gasteiger partial charge in [-0.05, 0) is 51.4 Å². The highest BCUT2D eigenvalue weighted by Crippen LogP contribution is 2.09. The number of hydrogen-bond acceptors (Lipinski definition) is 13. The number of carbonyl (C=O) groups is 12. The lowest BCUT2D eigenvalue weighted by molar-refractivity contribution is -0.139. The molecular formula is C46H84N12O13. The van der Waals surface area contributed by atoms with Gasteiger partial charge in [0.15, 0.2) is 0 Å². The zero-order valence-corrected chi connectivity index (χ0v) is 42.8. The summed E-state index contributed by atoms with van der Waals surface area (Å²) in [6.07, 6.45) is 7.02. The summed E-state index contributed by atoms with van der Waals surface area (Å²) < 4.78 is 4.45. The maximum Gasteiger partial charge on any atom is 0.406 e. The van der Waals surface area contributed by atoms with Crippen molar-refractivity contribution in [2.45, 2.75) is 125 Å². The highest BCUT2D eigenvalue weighted by Gasteiger charge is 2.22. The fourth-order valence-electron chi connectivity index (χ4n) is 6.17. The molecule has 25 heteroatoms. The Morgan fingerprint density at radius 2 is 0.648 bits per heavy atom. The first kappa shape index (κ1) is 66.5. The Bertz CT molecular complexity index is 1630. The molecule has 0 rings (SSSR count). The van der Waals surface area contributed by atoms with Crippen LogP contribution in [-0.4, -0.2) is 153 Å². The SMILES string of the molecule is CC(=O)NCCC(=O)N(CC(=O)NCCCCC(C)C(N)=O)CC(=O)NCCCCC(C)C(N)=O.COC(=O)NCCC(=O)N(CC(=O)NCCCCC(C)C(N)=O)CC(=O)NCCCCC(C)C(N)=O. The molecule has 0 heterocycles. The van der Waals surface area contributed by atoms with Crippen molar-refractivity contribution in [3.8, 4) is 0 Å². The van der Waals surface area contributed by atoms with Crippen molar-refractivity contribution >= 4 is 71.1 Å². The van der Waals surface area contributed by atoms with Crippen LogP contribution in [0.15, 0.2) is 0 Å². The summed E-state index contributed by atoms with van der Waals surface area (Å²) in [6.45, 7) is 8.62. The van der Waals surface area contributed by atoms with Crippen LogP contribution in [0.4, 0.5) is 4.79 Å². The smallest absolute Gasteiger partial charge is 0.406 e. The van der Waals surface area contributed by atoms with Gasteiger partial charge in [-0.2, -0.15) is 0 Å². The zero-order valence-electron chi connectivity index (χ0n) is 42.8. The molecule has 71 heavy (non-hydrogen) atoms. The Kier molecular flexibility index (Phi) is 37.7. The molecule has 14 N–H and O–H groups in total. The number of ether oxygens (including phenoxy) is 1. The van der Waals surface area contributed by atoms with Gasteiger partial charge in [-0.1, -0.05) is 53.4 Å². The fraction of sp³-hybridized carbons (Fsp3) is 0.739. The number of carbonyl (C=O) groups excluding carboxylic acids is 12. The zero-order chi connectivity index (χ0) is 54.3. The molecule has 25 nitrogen and oxygen atoms in total. The van der Waals surface area contributed by atoms with Crippen molar-refractivity contribution in [1.29, 1.82) is 0 Å². The third kappa shape index (κ3) is 37.9. The maximum atomic E-state index is 12.6. The average molecular weight is 1010 g/mol. The second kappa shape index (κ2) is 40.2. The maximum absolute atomic E-state index is 12.6. The van der Waals surface area contributed by atoms with Crippen molar-refractivity contribution in [3.63, 3.8) is 0 Å². The van der Waals surface area contributed by atoms with E-state index in [2.05, 4.69) is 36.6 Å². The summed E-state index contributed by atoms with van der Waals surface area (Å²) >= 11 is 0. The van der Waals surface area contributed by atoms with Gasteiger partial charge >= 0.3 is 6.09 Å². The van der Waals surface area contributed by atoms with Crippen LogP contribution in [0.1, 0.15) is 125 Å². The molecule has 0 aromatic rings. The molecule has 0 aliphatic carbocycles. The van der Waals surface area contributed by atoms with Crippen molar-refractivity contribution in [1.82, 2.24) is 41.7 Å². The monoisotopic (exact) mass is 1010 g/mol. The Hall–Kier alpha value is -6.56. The Morgan fingerprint density at radius 3 is 0.873 bits per heavy atom. The molecule has 0 saturated carbocycles. The number of unbranched alkanes of at least 4 members (excludes halogenated alkanes) is 4. The van der Waals surface area contributed by atoms with Crippen molar-refractivity contribution in [3.05, 3.63) is 0 Å². The van der Waals surface area contributed by atoms with Crippen LogP contribution in [0.3, 0.4) is 0 Å². The highest BCUT2D eigenvalue weighted by atomic mass is 16.5. The third-order valence-corrected chi connectivity index (χ3v) is 11.0. The van der Waals surface area contributed by atoms with E-state index in [0.29, 0.717) is 103 Å². The van der Waals surface area contributed by atoms with Crippen LogP contribution in [0, 0.1) is 23.7 Å². The third-order valence-electron chi connectivity index (χ3n) is 11.0. The van der Waals surface area contributed by atoms with E-state index in [1.807, 2.05) is 0 Å². The minimum absolute atomic E-state index is 0.0126. The topological polar surface area (TPSA) is 397 Å². The lowest BCUT2D eigenvalue weighted by Gasteiger charge is -2.22. The molecule has 0 aliphatic heterocycles. The second-order valence-electron chi connectivity index (χ2n) is 17.5. The first-order valence-electron chi connectivity index (χ1n) is 24.3. The molecule has 4 atom stereocenters. The highest BCUT2D eigenvalue weighted by molar-refractivity contribution is 5.90. The van der Waals surface area contributed by atoms with Gasteiger partial charge in [0.05, 0.1) is 7.11 Å². The number of hydrogen-bond donors (Lipinski definition) is 10. The minimum atomic E-state index is -0.693. The first-order chi connectivity index (χ1) is 33.4. The van der Waals surface area contributed by atoms with Crippen LogP contribution in [0.25, 0.3) is 0 Å². The van der Waals surface area contributed by atoms with E-state index in [-0.39, 0.29) is 105 Å². The van der Waals surface area contributed by atoms with Gasteiger partial charge in [0.25, 0.3) is 0 Å². The molecule has 12 amide bonds. The van der Waals surface area contributed by atoms with E-state index in [1.165, 1.54) is 14.0 Å². The predicted molar refractivity (Wildman–Crippen MR) is 262 cm³/mol. The summed E-state index contributed by atoms with van der Waals surface area (Å²) in [5.41, 5.74) is 20.9. The van der Waals surface area contributed by atoms with Gasteiger partial charge in [0.1, 0.15) is 26.2 Å². The lowest BCUT2D eigenvalue weighted by Crippen LogP contribution is -2.46. The summed E-state index contributed by atoms with van der Waals surface area (Å²) in [4.78, 5) is 143. The van der Waals surface area contributed by atoms with Crippen LogP contribution in [-0.2, 0) is 57.5 Å². The van der Waals surface area contributed by atoms with Gasteiger partial charge in [0, 0.05) is 82.7 Å². The number of rotatable bonds is 38. The van der Waals surface area contributed by atoms with Crippen molar-refractivity contribution in [2.75, 3.05) is 72.6 Å². The van der Waals surface area contributed by atoms with E-state index in [1.54, 1.807) is 27.7 Å². The number of primary amides is 4. The molecule has 0 aromatic heterocycles. The first-order valence-corrected chi connectivity index (χ1v) is 24.3. The standard InChI is InChI=1S/C23H42N6O7.C23H42N6O6/c1-16(21(24)33)8-4-6-11-26-18(30)14-29(20(32)10-13-28-23(35)36-3)15-19(31)27-12-7-5-9-17(2)22(25)34;1-16(22(24)34)8-4-6-11-27-19(31)14-29(21(33)10-13-26-18(3)30)15-20(32)28-12-7-5-9-17(2)23(25)35/h16-17H,4-15H2,1-3H3,(H2,24,33)(H2,25,34)(H,26,30)(H,27,31)(H,28,35);16-17H,4-15H2,1-3H3,(H2,24,34)(H2,25,35)(H,26,30)(H,27,31)(H,28,32). The quantitative estimate of drug-likeness (QED) is 0.0317. The molecule has 0 aliphatic rings. The van der Waals surface area contributed by atoms with E-state index in [4.69, 9.17) is 22.9 Å². The number of nitrogens with one attached hydrogen (secondary N) is 6. The largest absolute Gasteiger partial charge is 0.453 e. The van der Waals surface area contributed by atoms with Crippen LogP contribution in [0.5, 0.6) is 0 Å².